The summed E-state index contributed by atoms with van der Waals surface area (Å²) >= 11 is 0. The monoisotopic (exact) mass is 384 g/mol. The molecule has 0 amide bonds. The van der Waals surface area contributed by atoms with Crippen LogP contribution in [0.5, 0.6) is 0 Å². The highest BCUT2D eigenvalue weighted by molar-refractivity contribution is 7.88. The smallest absolute Gasteiger partial charge is 0.229 e. The molecule has 2 atom stereocenters. The Morgan fingerprint density at radius 2 is 1.96 bits per heavy atom. The Labute approximate surface area is 154 Å². The fraction of sp³-hybridized carbons (Fsp3) is 0.882. The predicted octanol–water partition coefficient (Wildman–Crippen LogP) is 0.945. The first-order valence-electron chi connectivity index (χ1n) is 9.56. The average molecular weight is 385 g/mol. The molecule has 9 heteroatoms. The quantitative estimate of drug-likeness (QED) is 0.825. The van der Waals surface area contributed by atoms with E-state index in [1.54, 1.807) is 0 Å². The lowest BCUT2D eigenvalue weighted by molar-refractivity contribution is -0.103. The van der Waals surface area contributed by atoms with Gasteiger partial charge in [0.25, 0.3) is 0 Å². The minimum Gasteiger partial charge on any atom is -0.389 e. The van der Waals surface area contributed by atoms with Gasteiger partial charge in [0.2, 0.25) is 15.9 Å². The molecule has 1 aliphatic carbocycles. The summed E-state index contributed by atoms with van der Waals surface area (Å²) in [5.74, 6) is 1.77. The highest BCUT2D eigenvalue weighted by Crippen LogP contribution is 2.37. The molecule has 0 spiro atoms. The van der Waals surface area contributed by atoms with Crippen LogP contribution in [0.4, 0.5) is 0 Å². The number of hydrogen-bond acceptors (Lipinski definition) is 7. The summed E-state index contributed by atoms with van der Waals surface area (Å²) < 4.78 is 30.7. The van der Waals surface area contributed by atoms with Crippen molar-refractivity contribution >= 4 is 10.0 Å². The van der Waals surface area contributed by atoms with Crippen molar-refractivity contribution in [2.45, 2.75) is 56.6 Å². The zero-order valence-electron chi connectivity index (χ0n) is 15.3. The van der Waals surface area contributed by atoms with Gasteiger partial charge < -0.3 is 9.63 Å². The Balaban J connectivity index is 1.40. The van der Waals surface area contributed by atoms with Gasteiger partial charge in [-0.05, 0) is 25.7 Å². The summed E-state index contributed by atoms with van der Waals surface area (Å²) in [6.07, 6.45) is 7.11. The van der Waals surface area contributed by atoms with Crippen molar-refractivity contribution in [1.29, 1.82) is 0 Å². The van der Waals surface area contributed by atoms with Crippen molar-refractivity contribution < 1.29 is 18.0 Å². The van der Waals surface area contributed by atoms with Gasteiger partial charge in [0.05, 0.1) is 18.4 Å². The molecule has 1 aromatic heterocycles. The van der Waals surface area contributed by atoms with Gasteiger partial charge in [-0.15, -0.1) is 0 Å². The second-order valence-corrected chi connectivity index (χ2v) is 10.2. The number of aromatic nitrogens is 2. The molecule has 0 bridgehead atoms. The molecule has 0 radical (unpaired) electrons. The molecule has 3 fully saturated rings. The van der Waals surface area contributed by atoms with Gasteiger partial charge in [0.1, 0.15) is 0 Å². The number of aliphatic hydroxyl groups is 1. The van der Waals surface area contributed by atoms with Gasteiger partial charge in [-0.2, -0.15) is 4.98 Å². The van der Waals surface area contributed by atoms with Crippen LogP contribution in [0, 0.1) is 5.92 Å². The van der Waals surface area contributed by atoms with Gasteiger partial charge in [-0.3, -0.25) is 4.90 Å². The first-order valence-corrected chi connectivity index (χ1v) is 11.4. The second-order valence-electron chi connectivity index (χ2n) is 8.19. The lowest BCUT2D eigenvalue weighted by atomic mass is 9.76. The van der Waals surface area contributed by atoms with E-state index in [1.807, 2.05) is 0 Å². The Bertz CT molecular complexity index is 746. The Morgan fingerprint density at radius 1 is 1.23 bits per heavy atom. The van der Waals surface area contributed by atoms with Crippen LogP contribution in [0.25, 0.3) is 0 Å². The van der Waals surface area contributed by atoms with Crippen LogP contribution in [0.2, 0.25) is 0 Å². The molecule has 1 saturated carbocycles. The van der Waals surface area contributed by atoms with E-state index in [1.165, 1.54) is 23.4 Å². The number of likely N-dealkylation sites (tertiary alicyclic amines) is 1. The molecule has 1 aromatic rings. The van der Waals surface area contributed by atoms with Gasteiger partial charge in [-0.25, -0.2) is 12.7 Å². The lowest BCUT2D eigenvalue weighted by Gasteiger charge is -2.49. The second kappa shape index (κ2) is 6.85. The van der Waals surface area contributed by atoms with Gasteiger partial charge in [-0.1, -0.05) is 18.0 Å². The topological polar surface area (TPSA) is 99.8 Å². The van der Waals surface area contributed by atoms with Crippen molar-refractivity contribution in [3.8, 4) is 0 Å². The SMILES string of the molecule is CS(=O)(=O)N1CC[C@@]2(O)CCN(Cc3noc(C4CCCC4)n3)C[C@H]2C1. The van der Waals surface area contributed by atoms with Gasteiger partial charge >= 0.3 is 0 Å². The van der Waals surface area contributed by atoms with Crippen LogP contribution in [-0.2, 0) is 16.6 Å². The molecular weight excluding hydrogens is 356 g/mol. The van der Waals surface area contributed by atoms with E-state index < -0.39 is 15.6 Å². The summed E-state index contributed by atoms with van der Waals surface area (Å²) in [6.45, 7) is 2.78. The molecule has 0 aromatic carbocycles. The highest BCUT2D eigenvalue weighted by Gasteiger charge is 2.46. The summed E-state index contributed by atoms with van der Waals surface area (Å²) in [7, 11) is -3.22. The van der Waals surface area contributed by atoms with E-state index in [-0.39, 0.29) is 5.92 Å². The first-order chi connectivity index (χ1) is 12.3. The molecule has 8 nitrogen and oxygen atoms in total. The summed E-state index contributed by atoms with van der Waals surface area (Å²) in [5.41, 5.74) is -0.760. The molecule has 26 heavy (non-hydrogen) atoms. The molecule has 4 rings (SSSR count). The van der Waals surface area contributed by atoms with Gasteiger partial charge in [0, 0.05) is 38.0 Å². The van der Waals surface area contributed by atoms with Crippen LogP contribution < -0.4 is 0 Å². The number of fused-ring (bicyclic) bond motifs is 1. The maximum Gasteiger partial charge on any atom is 0.229 e. The fourth-order valence-electron chi connectivity index (χ4n) is 4.66. The Morgan fingerprint density at radius 3 is 2.69 bits per heavy atom. The zero-order valence-corrected chi connectivity index (χ0v) is 16.1. The largest absolute Gasteiger partial charge is 0.389 e. The minimum absolute atomic E-state index is 0.0825. The van der Waals surface area contributed by atoms with E-state index in [4.69, 9.17) is 4.52 Å². The standard InChI is InChI=1S/C17H28N4O4S/c1-26(23,24)21-9-7-17(22)6-8-20(10-14(17)11-21)12-15-18-16(25-19-15)13-4-2-3-5-13/h13-14,22H,2-12H2,1H3/t14-,17-/m0/s1. The molecule has 3 heterocycles. The molecule has 2 saturated heterocycles. The third kappa shape index (κ3) is 3.67. The van der Waals surface area contributed by atoms with E-state index in [0.29, 0.717) is 50.8 Å². The third-order valence-electron chi connectivity index (χ3n) is 6.34. The maximum absolute atomic E-state index is 11.9. The average Bonchev–Trinajstić information content (AvgIpc) is 3.25. The van der Waals surface area contributed by atoms with Crippen molar-refractivity contribution in [2.24, 2.45) is 5.92 Å². The minimum atomic E-state index is -3.22. The van der Waals surface area contributed by atoms with Crippen LogP contribution in [-0.4, -0.2) is 70.9 Å². The number of piperidine rings is 2. The first kappa shape index (κ1) is 18.3. The number of hydrogen-bond donors (Lipinski definition) is 1. The van der Waals surface area contributed by atoms with E-state index in [0.717, 1.165) is 25.3 Å². The van der Waals surface area contributed by atoms with Crippen LogP contribution in [0.3, 0.4) is 0 Å². The Kier molecular flexibility index (Phi) is 4.83. The summed E-state index contributed by atoms with van der Waals surface area (Å²) in [5, 5.41) is 15.0. The number of nitrogens with zero attached hydrogens (tertiary/aromatic N) is 4. The van der Waals surface area contributed by atoms with Gasteiger partial charge in [0.15, 0.2) is 5.82 Å². The summed E-state index contributed by atoms with van der Waals surface area (Å²) in [6, 6.07) is 0. The van der Waals surface area contributed by atoms with E-state index >= 15 is 0 Å². The zero-order chi connectivity index (χ0) is 18.4. The molecule has 146 valence electrons. The molecule has 1 N–H and O–H groups in total. The molecule has 3 aliphatic rings. The van der Waals surface area contributed by atoms with Crippen molar-refractivity contribution in [1.82, 2.24) is 19.3 Å². The maximum atomic E-state index is 11.9. The third-order valence-corrected chi connectivity index (χ3v) is 7.61. The molecule has 2 aliphatic heterocycles. The highest BCUT2D eigenvalue weighted by atomic mass is 32.2. The number of sulfonamides is 1. The van der Waals surface area contributed by atoms with Crippen LogP contribution in [0.15, 0.2) is 4.52 Å². The van der Waals surface area contributed by atoms with E-state index in [2.05, 4.69) is 15.0 Å². The summed E-state index contributed by atoms with van der Waals surface area (Å²) in [4.78, 5) is 6.78. The Hall–Kier alpha value is -1.03. The van der Waals surface area contributed by atoms with E-state index in [9.17, 15) is 13.5 Å². The normalized spacial score (nSPS) is 32.0. The molecular formula is C17H28N4O4S. The predicted molar refractivity (Wildman–Crippen MR) is 94.9 cm³/mol. The molecule has 0 unspecified atom stereocenters. The fourth-order valence-corrected chi connectivity index (χ4v) is 5.53. The van der Waals surface area contributed by atoms with Crippen molar-refractivity contribution in [3.05, 3.63) is 11.7 Å². The number of rotatable bonds is 4. The van der Waals surface area contributed by atoms with Crippen LogP contribution in [0.1, 0.15) is 56.2 Å². The van der Waals surface area contributed by atoms with Crippen molar-refractivity contribution in [3.63, 3.8) is 0 Å². The lowest BCUT2D eigenvalue weighted by Crippen LogP contribution is -2.60. The van der Waals surface area contributed by atoms with Crippen LogP contribution >= 0.6 is 0 Å². The van der Waals surface area contributed by atoms with Crippen molar-refractivity contribution in [2.75, 3.05) is 32.4 Å².